The zero-order valence-electron chi connectivity index (χ0n) is 13.2. The highest BCUT2D eigenvalue weighted by Gasteiger charge is 2.17. The molecule has 4 rings (SSSR count). The van der Waals surface area contributed by atoms with Crippen molar-refractivity contribution in [1.82, 2.24) is 19.2 Å². The molecule has 0 amide bonds. The topological polar surface area (TPSA) is 52.2 Å². The predicted molar refractivity (Wildman–Crippen MR) is 97.1 cm³/mol. The quantitative estimate of drug-likeness (QED) is 0.535. The molecule has 120 valence electrons. The number of para-hydroxylation sites is 2. The highest BCUT2D eigenvalue weighted by Crippen LogP contribution is 2.23. The Morgan fingerprint density at radius 2 is 1.75 bits per heavy atom. The average molecular weight is 336 g/mol. The lowest BCUT2D eigenvalue weighted by Crippen LogP contribution is -2.21. The maximum absolute atomic E-state index is 13.0. The molecule has 6 heteroatoms. The fourth-order valence-corrected chi connectivity index (χ4v) is 3.57. The lowest BCUT2D eigenvalue weighted by atomic mass is 10.2. The van der Waals surface area contributed by atoms with Crippen molar-refractivity contribution in [2.75, 3.05) is 5.75 Å². The van der Waals surface area contributed by atoms with Crippen LogP contribution in [0.15, 0.2) is 64.5 Å². The highest BCUT2D eigenvalue weighted by atomic mass is 32.2. The Hall–Kier alpha value is -2.60. The third-order valence-electron chi connectivity index (χ3n) is 3.84. The van der Waals surface area contributed by atoms with Gasteiger partial charge in [0.15, 0.2) is 5.16 Å². The van der Waals surface area contributed by atoms with Gasteiger partial charge < -0.3 is 0 Å². The molecule has 0 unspecified atom stereocenters. The molecular formula is C18H16N4OS. The van der Waals surface area contributed by atoms with Gasteiger partial charge in [-0.1, -0.05) is 49.0 Å². The van der Waals surface area contributed by atoms with Gasteiger partial charge in [-0.05, 0) is 30.7 Å². The number of hydrogen-bond acceptors (Lipinski definition) is 4. The van der Waals surface area contributed by atoms with Crippen LogP contribution in [0.25, 0.3) is 22.4 Å². The SMILES string of the molecule is CCCSc1nnc2n(-c3ccccc3)c(=O)c3ccccc3n12. The van der Waals surface area contributed by atoms with Crippen LogP contribution < -0.4 is 5.56 Å². The maximum atomic E-state index is 13.0. The van der Waals surface area contributed by atoms with E-state index in [4.69, 9.17) is 0 Å². The molecule has 0 fully saturated rings. The molecule has 0 radical (unpaired) electrons. The first-order valence-corrected chi connectivity index (χ1v) is 8.87. The van der Waals surface area contributed by atoms with Gasteiger partial charge in [-0.25, -0.2) is 4.57 Å². The second-order valence-corrected chi connectivity index (χ2v) is 6.52. The van der Waals surface area contributed by atoms with E-state index in [1.165, 1.54) is 0 Å². The van der Waals surface area contributed by atoms with Gasteiger partial charge in [-0.15, -0.1) is 10.2 Å². The first-order valence-electron chi connectivity index (χ1n) is 7.88. The summed E-state index contributed by atoms with van der Waals surface area (Å²) in [4.78, 5) is 13.0. The fourth-order valence-electron chi connectivity index (χ4n) is 2.78. The first kappa shape index (κ1) is 15.0. The standard InChI is InChI=1S/C18H16N4OS/c1-2-12-24-18-20-19-17-21(13-8-4-3-5-9-13)16(23)14-10-6-7-11-15(14)22(17)18/h3-11H,2,12H2,1H3. The molecule has 0 bridgehead atoms. The van der Waals surface area contributed by atoms with Crippen LogP contribution >= 0.6 is 11.8 Å². The monoisotopic (exact) mass is 336 g/mol. The Morgan fingerprint density at radius 3 is 2.54 bits per heavy atom. The van der Waals surface area contributed by atoms with Crippen molar-refractivity contribution < 1.29 is 0 Å². The Labute approximate surface area is 143 Å². The Kier molecular flexibility index (Phi) is 3.82. The lowest BCUT2D eigenvalue weighted by Gasteiger charge is -2.11. The average Bonchev–Trinajstić information content (AvgIpc) is 3.05. The van der Waals surface area contributed by atoms with Crippen LogP contribution in [0.4, 0.5) is 0 Å². The largest absolute Gasteiger partial charge is 0.268 e. The van der Waals surface area contributed by atoms with Crippen molar-refractivity contribution in [2.45, 2.75) is 18.5 Å². The molecule has 24 heavy (non-hydrogen) atoms. The van der Waals surface area contributed by atoms with E-state index in [1.807, 2.05) is 59.0 Å². The van der Waals surface area contributed by atoms with Gasteiger partial charge in [0.2, 0.25) is 5.78 Å². The number of fused-ring (bicyclic) bond motifs is 3. The molecule has 2 aromatic heterocycles. The van der Waals surface area contributed by atoms with Gasteiger partial charge in [0.25, 0.3) is 5.56 Å². The van der Waals surface area contributed by atoms with E-state index in [0.717, 1.165) is 28.5 Å². The number of aromatic nitrogens is 4. The number of nitrogens with zero attached hydrogens (tertiary/aromatic N) is 4. The molecule has 0 spiro atoms. The van der Waals surface area contributed by atoms with E-state index >= 15 is 0 Å². The van der Waals surface area contributed by atoms with E-state index in [1.54, 1.807) is 16.3 Å². The minimum atomic E-state index is -0.0799. The highest BCUT2D eigenvalue weighted by molar-refractivity contribution is 7.99. The molecule has 0 aliphatic heterocycles. The minimum Gasteiger partial charge on any atom is -0.268 e. The van der Waals surface area contributed by atoms with Crippen LogP contribution in [0, 0.1) is 0 Å². The van der Waals surface area contributed by atoms with Crippen molar-refractivity contribution >= 4 is 28.4 Å². The summed E-state index contributed by atoms with van der Waals surface area (Å²) in [7, 11) is 0. The minimum absolute atomic E-state index is 0.0799. The Balaban J connectivity index is 2.13. The molecule has 0 aliphatic rings. The van der Waals surface area contributed by atoms with Crippen LogP contribution in [0.3, 0.4) is 0 Å². The van der Waals surface area contributed by atoms with Gasteiger partial charge >= 0.3 is 0 Å². The third kappa shape index (κ3) is 2.30. The fraction of sp³-hybridized carbons (Fsp3) is 0.167. The number of rotatable bonds is 4. The van der Waals surface area contributed by atoms with E-state index < -0.39 is 0 Å². The third-order valence-corrected chi connectivity index (χ3v) is 4.98. The Bertz CT molecular complexity index is 1070. The van der Waals surface area contributed by atoms with E-state index in [9.17, 15) is 4.79 Å². The zero-order chi connectivity index (χ0) is 16.5. The van der Waals surface area contributed by atoms with Crippen LogP contribution in [0.5, 0.6) is 0 Å². The van der Waals surface area contributed by atoms with Gasteiger partial charge in [-0.2, -0.15) is 0 Å². The van der Waals surface area contributed by atoms with Crippen LogP contribution in [-0.2, 0) is 0 Å². The summed E-state index contributed by atoms with van der Waals surface area (Å²) in [5.74, 6) is 1.50. The molecule has 0 atom stereocenters. The molecule has 4 aromatic rings. The molecule has 2 heterocycles. The van der Waals surface area contributed by atoms with Gasteiger partial charge in [0.05, 0.1) is 16.6 Å². The van der Waals surface area contributed by atoms with Crippen molar-refractivity contribution in [3.8, 4) is 5.69 Å². The smallest absolute Gasteiger partial charge is 0.267 e. The molecule has 0 saturated heterocycles. The summed E-state index contributed by atoms with van der Waals surface area (Å²) in [5.41, 5.74) is 1.55. The molecule has 0 saturated carbocycles. The normalized spacial score (nSPS) is 11.4. The molecule has 2 aromatic carbocycles. The maximum Gasteiger partial charge on any atom is 0.267 e. The summed E-state index contributed by atoms with van der Waals surface area (Å²) < 4.78 is 3.61. The molecule has 0 aliphatic carbocycles. The van der Waals surface area contributed by atoms with Crippen molar-refractivity contribution in [2.24, 2.45) is 0 Å². The molecule has 5 nitrogen and oxygen atoms in total. The van der Waals surface area contributed by atoms with E-state index in [2.05, 4.69) is 17.1 Å². The van der Waals surface area contributed by atoms with Crippen LogP contribution in [0.1, 0.15) is 13.3 Å². The Morgan fingerprint density at radius 1 is 1.00 bits per heavy atom. The van der Waals surface area contributed by atoms with Gasteiger partial charge in [0.1, 0.15) is 0 Å². The molecular weight excluding hydrogens is 320 g/mol. The summed E-state index contributed by atoms with van der Waals surface area (Å²) in [6.45, 7) is 2.13. The molecule has 0 N–H and O–H groups in total. The summed E-state index contributed by atoms with van der Waals surface area (Å²) in [6, 6.07) is 17.2. The van der Waals surface area contributed by atoms with Gasteiger partial charge in [-0.3, -0.25) is 9.20 Å². The number of benzene rings is 2. The summed E-state index contributed by atoms with van der Waals surface area (Å²) in [5, 5.41) is 10.1. The zero-order valence-corrected chi connectivity index (χ0v) is 14.0. The number of hydrogen-bond donors (Lipinski definition) is 0. The van der Waals surface area contributed by atoms with E-state index in [-0.39, 0.29) is 5.56 Å². The van der Waals surface area contributed by atoms with Crippen molar-refractivity contribution in [3.63, 3.8) is 0 Å². The van der Waals surface area contributed by atoms with Crippen LogP contribution in [0.2, 0.25) is 0 Å². The van der Waals surface area contributed by atoms with Crippen LogP contribution in [-0.4, -0.2) is 24.9 Å². The second-order valence-electron chi connectivity index (χ2n) is 5.46. The van der Waals surface area contributed by atoms with E-state index in [0.29, 0.717) is 11.2 Å². The van der Waals surface area contributed by atoms with Crippen molar-refractivity contribution in [1.29, 1.82) is 0 Å². The first-order chi connectivity index (χ1) is 11.8. The second kappa shape index (κ2) is 6.13. The van der Waals surface area contributed by atoms with Gasteiger partial charge in [0, 0.05) is 5.75 Å². The summed E-state index contributed by atoms with van der Waals surface area (Å²) in [6.07, 6.45) is 1.05. The summed E-state index contributed by atoms with van der Waals surface area (Å²) >= 11 is 1.66. The van der Waals surface area contributed by atoms with Crippen molar-refractivity contribution in [3.05, 3.63) is 65.0 Å². The lowest BCUT2D eigenvalue weighted by molar-refractivity contribution is 0.927. The number of thioether (sulfide) groups is 1. The predicted octanol–water partition coefficient (Wildman–Crippen LogP) is 3.54.